The summed E-state index contributed by atoms with van der Waals surface area (Å²) < 4.78 is 16.2. The number of nitrogens with zero attached hydrogens (tertiary/aromatic N) is 2. The number of carbonyl (C=O) groups excluding carboxylic acids is 1. The van der Waals surface area contributed by atoms with Crippen molar-refractivity contribution in [3.05, 3.63) is 40.9 Å². The van der Waals surface area contributed by atoms with E-state index in [0.29, 0.717) is 26.6 Å². The van der Waals surface area contributed by atoms with Gasteiger partial charge in [0.2, 0.25) is 0 Å². The third-order valence-electron chi connectivity index (χ3n) is 2.89. The molecule has 0 radical (unpaired) electrons. The highest BCUT2D eigenvalue weighted by Crippen LogP contribution is 2.31. The predicted octanol–water partition coefficient (Wildman–Crippen LogP) is 2.15. The third kappa shape index (κ3) is 3.69. The van der Waals surface area contributed by atoms with E-state index in [0.717, 1.165) is 5.56 Å². The van der Waals surface area contributed by atoms with Crippen LogP contribution in [0.3, 0.4) is 0 Å². The molecule has 0 aliphatic carbocycles. The molecule has 9 heteroatoms. The third-order valence-corrected chi connectivity index (χ3v) is 4.05. The standard InChI is InChI=1S/C14H11N3O4S2/c1-19-10-4-8(5-11-13(18)17-14(22)23-11)2-3-9(10)20-6-12-15-7-16-21-12/h2-5,7H,6H2,1H3,(H,17,18,22)/b11-5-. The van der Waals surface area contributed by atoms with Crippen LogP contribution in [0.1, 0.15) is 11.5 Å². The van der Waals surface area contributed by atoms with Gasteiger partial charge in [-0.2, -0.15) is 4.98 Å². The topological polar surface area (TPSA) is 86.5 Å². The quantitative estimate of drug-likeness (QED) is 0.649. The summed E-state index contributed by atoms with van der Waals surface area (Å²) in [5.74, 6) is 1.23. The number of carbonyl (C=O) groups is 1. The summed E-state index contributed by atoms with van der Waals surface area (Å²) in [5, 5.41) is 6.08. The van der Waals surface area contributed by atoms with E-state index >= 15 is 0 Å². The van der Waals surface area contributed by atoms with Crippen LogP contribution in [0.5, 0.6) is 11.5 Å². The highest BCUT2D eigenvalue weighted by atomic mass is 32.2. The number of hydrogen-bond donors (Lipinski definition) is 1. The normalized spacial score (nSPS) is 15.8. The molecule has 0 saturated carbocycles. The minimum absolute atomic E-state index is 0.142. The van der Waals surface area contributed by atoms with Crippen LogP contribution in [-0.4, -0.2) is 27.5 Å². The van der Waals surface area contributed by atoms with Gasteiger partial charge in [0, 0.05) is 0 Å². The number of ether oxygens (including phenoxy) is 2. The summed E-state index contributed by atoms with van der Waals surface area (Å²) in [7, 11) is 1.54. The number of thiocarbonyl (C=S) groups is 1. The largest absolute Gasteiger partial charge is 0.493 e. The lowest BCUT2D eigenvalue weighted by molar-refractivity contribution is -0.115. The minimum atomic E-state index is -0.198. The fourth-order valence-corrected chi connectivity index (χ4v) is 2.91. The van der Waals surface area contributed by atoms with E-state index in [9.17, 15) is 4.79 Å². The summed E-state index contributed by atoms with van der Waals surface area (Å²) in [6.07, 6.45) is 3.05. The van der Waals surface area contributed by atoms with E-state index in [1.54, 1.807) is 18.2 Å². The first-order valence-corrected chi connectivity index (χ1v) is 7.69. The van der Waals surface area contributed by atoms with Gasteiger partial charge in [-0.15, -0.1) is 0 Å². The number of benzene rings is 1. The fraction of sp³-hybridized carbons (Fsp3) is 0.143. The number of hydrogen-bond acceptors (Lipinski definition) is 8. The molecular weight excluding hydrogens is 338 g/mol. The predicted molar refractivity (Wildman–Crippen MR) is 87.9 cm³/mol. The van der Waals surface area contributed by atoms with E-state index in [1.165, 1.54) is 25.2 Å². The molecule has 1 aliphatic heterocycles. The van der Waals surface area contributed by atoms with Crippen molar-refractivity contribution in [1.82, 2.24) is 15.5 Å². The molecule has 1 aliphatic rings. The van der Waals surface area contributed by atoms with Crippen molar-refractivity contribution < 1.29 is 18.8 Å². The fourth-order valence-electron chi connectivity index (χ4n) is 1.86. The second-order valence-corrected chi connectivity index (χ2v) is 6.11. The van der Waals surface area contributed by atoms with Gasteiger partial charge >= 0.3 is 0 Å². The molecule has 1 N–H and O–H groups in total. The van der Waals surface area contributed by atoms with Crippen molar-refractivity contribution in [3.8, 4) is 11.5 Å². The monoisotopic (exact) mass is 349 g/mol. The molecule has 7 nitrogen and oxygen atoms in total. The number of nitrogens with one attached hydrogen (secondary N) is 1. The Balaban J connectivity index is 1.78. The van der Waals surface area contributed by atoms with Crippen LogP contribution < -0.4 is 14.8 Å². The Morgan fingerprint density at radius 1 is 1.43 bits per heavy atom. The first-order chi connectivity index (χ1) is 11.2. The first kappa shape index (κ1) is 15.5. The van der Waals surface area contributed by atoms with Crippen LogP contribution in [0.2, 0.25) is 0 Å². The van der Waals surface area contributed by atoms with Gasteiger partial charge in [-0.1, -0.05) is 35.2 Å². The maximum Gasteiger partial charge on any atom is 0.264 e. The van der Waals surface area contributed by atoms with Crippen LogP contribution >= 0.6 is 24.0 Å². The molecule has 0 unspecified atom stereocenters. The van der Waals surface area contributed by atoms with Crippen molar-refractivity contribution in [1.29, 1.82) is 0 Å². The smallest absolute Gasteiger partial charge is 0.264 e. The first-order valence-electron chi connectivity index (χ1n) is 6.47. The molecular formula is C14H11N3O4S2. The van der Waals surface area contributed by atoms with E-state index < -0.39 is 0 Å². The molecule has 23 heavy (non-hydrogen) atoms. The average Bonchev–Trinajstić information content (AvgIpc) is 3.16. The summed E-state index contributed by atoms with van der Waals surface area (Å²) in [6.45, 7) is 0.142. The maximum atomic E-state index is 11.7. The van der Waals surface area contributed by atoms with Gasteiger partial charge in [-0.05, 0) is 23.8 Å². The van der Waals surface area contributed by atoms with Crippen molar-refractivity contribution >= 4 is 40.3 Å². The molecule has 1 fully saturated rings. The minimum Gasteiger partial charge on any atom is -0.493 e. The summed E-state index contributed by atoms with van der Waals surface area (Å²) in [6, 6.07) is 5.33. The number of aromatic nitrogens is 2. The van der Waals surface area contributed by atoms with Crippen molar-refractivity contribution in [2.45, 2.75) is 6.61 Å². The molecule has 0 bridgehead atoms. The maximum absolute atomic E-state index is 11.7. The van der Waals surface area contributed by atoms with Crippen molar-refractivity contribution in [3.63, 3.8) is 0 Å². The molecule has 0 atom stereocenters. The van der Waals surface area contributed by atoms with E-state index in [2.05, 4.69) is 15.5 Å². The lowest BCUT2D eigenvalue weighted by atomic mass is 10.2. The van der Waals surface area contributed by atoms with Crippen molar-refractivity contribution in [2.75, 3.05) is 7.11 Å². The Hall–Kier alpha value is -2.39. The zero-order valence-corrected chi connectivity index (χ0v) is 13.6. The zero-order chi connectivity index (χ0) is 16.2. The SMILES string of the molecule is COc1cc(/C=C2\SC(=S)NC2=O)ccc1OCc1ncno1. The van der Waals surface area contributed by atoms with Gasteiger partial charge in [-0.25, -0.2) is 0 Å². The number of methoxy groups -OCH3 is 1. The van der Waals surface area contributed by atoms with Gasteiger partial charge in [0.15, 0.2) is 24.4 Å². The lowest BCUT2D eigenvalue weighted by Crippen LogP contribution is -2.17. The van der Waals surface area contributed by atoms with Gasteiger partial charge in [-0.3, -0.25) is 4.79 Å². The molecule has 0 spiro atoms. The molecule has 1 amide bonds. The lowest BCUT2D eigenvalue weighted by Gasteiger charge is -2.10. The van der Waals surface area contributed by atoms with Gasteiger partial charge in [0.1, 0.15) is 4.32 Å². The average molecular weight is 349 g/mol. The number of rotatable bonds is 5. The Morgan fingerprint density at radius 2 is 2.30 bits per heavy atom. The van der Waals surface area contributed by atoms with Crippen LogP contribution in [0.15, 0.2) is 34.0 Å². The second kappa shape index (κ2) is 6.80. The highest BCUT2D eigenvalue weighted by Gasteiger charge is 2.22. The molecule has 1 saturated heterocycles. The van der Waals surface area contributed by atoms with E-state index in [-0.39, 0.29) is 12.5 Å². The summed E-state index contributed by atoms with van der Waals surface area (Å²) in [5.41, 5.74) is 0.800. The van der Waals surface area contributed by atoms with Gasteiger partial charge in [0.05, 0.1) is 12.0 Å². The molecule has 3 rings (SSSR count). The number of thioether (sulfide) groups is 1. The second-order valence-electron chi connectivity index (χ2n) is 4.39. The van der Waals surface area contributed by atoms with Crippen LogP contribution in [0.25, 0.3) is 6.08 Å². The molecule has 1 aromatic heterocycles. The van der Waals surface area contributed by atoms with E-state index in [4.69, 9.17) is 26.2 Å². The Labute approximate surface area is 141 Å². The summed E-state index contributed by atoms with van der Waals surface area (Å²) >= 11 is 6.18. The molecule has 2 aromatic rings. The summed E-state index contributed by atoms with van der Waals surface area (Å²) in [4.78, 5) is 16.1. The van der Waals surface area contributed by atoms with E-state index in [1.807, 2.05) is 6.07 Å². The van der Waals surface area contributed by atoms with Gasteiger partial charge < -0.3 is 19.3 Å². The molecule has 118 valence electrons. The zero-order valence-electron chi connectivity index (χ0n) is 11.9. The van der Waals surface area contributed by atoms with Crippen LogP contribution in [0, 0.1) is 0 Å². The number of amides is 1. The van der Waals surface area contributed by atoms with Gasteiger partial charge in [0.25, 0.3) is 11.8 Å². The molecule has 1 aromatic carbocycles. The Bertz CT molecular complexity index is 774. The van der Waals surface area contributed by atoms with Crippen LogP contribution in [-0.2, 0) is 11.4 Å². The Morgan fingerprint density at radius 3 is 2.96 bits per heavy atom. The highest BCUT2D eigenvalue weighted by molar-refractivity contribution is 8.26. The Kier molecular flexibility index (Phi) is 4.58. The van der Waals surface area contributed by atoms with Crippen molar-refractivity contribution in [2.24, 2.45) is 0 Å². The molecule has 2 heterocycles. The van der Waals surface area contributed by atoms with Crippen LogP contribution in [0.4, 0.5) is 0 Å².